The molecule has 0 aromatic heterocycles. The van der Waals surface area contributed by atoms with Gasteiger partial charge in [0.1, 0.15) is 5.75 Å². The number of nitrogen functional groups attached to an aromatic ring is 1. The first-order valence-corrected chi connectivity index (χ1v) is 4.52. The van der Waals surface area contributed by atoms with E-state index in [0.29, 0.717) is 5.92 Å². The van der Waals surface area contributed by atoms with Crippen LogP contribution in [-0.4, -0.2) is 13.2 Å². The van der Waals surface area contributed by atoms with Gasteiger partial charge in [-0.25, -0.2) is 0 Å². The van der Waals surface area contributed by atoms with Crippen LogP contribution < -0.4 is 15.8 Å². The maximum Gasteiger partial charge on any atom is 0.142 e. The molecule has 0 saturated heterocycles. The fraction of sp³-hybridized carbons (Fsp3) is 0.400. The summed E-state index contributed by atoms with van der Waals surface area (Å²) < 4.78 is 5.60. The van der Waals surface area contributed by atoms with Crippen LogP contribution in [0.15, 0.2) is 18.2 Å². The maximum absolute atomic E-state index is 5.67. The molecule has 1 atom stereocenters. The van der Waals surface area contributed by atoms with Crippen LogP contribution in [-0.2, 0) is 0 Å². The van der Waals surface area contributed by atoms with Crippen LogP contribution in [0.2, 0.25) is 0 Å². The fourth-order valence-electron chi connectivity index (χ4n) is 1.39. The van der Waals surface area contributed by atoms with Crippen molar-refractivity contribution in [2.45, 2.75) is 6.92 Å². The topological polar surface area (TPSA) is 47.3 Å². The highest BCUT2D eigenvalue weighted by atomic mass is 16.5. The molecule has 3 nitrogen and oxygen atoms in total. The van der Waals surface area contributed by atoms with Gasteiger partial charge >= 0.3 is 0 Å². The SMILES string of the molecule is CC1CNc2cc(N)ccc2OC1. The third kappa shape index (κ3) is 1.69. The summed E-state index contributed by atoms with van der Waals surface area (Å²) in [4.78, 5) is 0. The Bertz CT molecular complexity index is 312. The number of nitrogens with one attached hydrogen (secondary N) is 1. The largest absolute Gasteiger partial charge is 0.491 e. The summed E-state index contributed by atoms with van der Waals surface area (Å²) in [5.74, 6) is 1.44. The van der Waals surface area contributed by atoms with Gasteiger partial charge in [-0.05, 0) is 18.2 Å². The van der Waals surface area contributed by atoms with E-state index >= 15 is 0 Å². The molecule has 70 valence electrons. The number of ether oxygens (including phenoxy) is 1. The highest BCUT2D eigenvalue weighted by Crippen LogP contribution is 2.29. The minimum atomic E-state index is 0.536. The molecule has 0 fully saturated rings. The van der Waals surface area contributed by atoms with Crippen molar-refractivity contribution in [3.8, 4) is 5.75 Å². The molecule has 0 bridgehead atoms. The Morgan fingerprint density at radius 3 is 3.23 bits per heavy atom. The van der Waals surface area contributed by atoms with E-state index < -0.39 is 0 Å². The molecule has 3 N–H and O–H groups in total. The lowest BCUT2D eigenvalue weighted by Crippen LogP contribution is -2.13. The molecular formula is C10H14N2O. The van der Waals surface area contributed by atoms with Crippen molar-refractivity contribution in [2.75, 3.05) is 24.2 Å². The molecule has 3 heteroatoms. The zero-order valence-electron chi connectivity index (χ0n) is 7.71. The molecule has 1 aromatic carbocycles. The summed E-state index contributed by atoms with van der Waals surface area (Å²) in [6.07, 6.45) is 0. The number of nitrogens with two attached hydrogens (primary N) is 1. The van der Waals surface area contributed by atoms with Crippen LogP contribution in [0.4, 0.5) is 11.4 Å². The molecule has 1 aliphatic heterocycles. The van der Waals surface area contributed by atoms with Crippen LogP contribution in [0.3, 0.4) is 0 Å². The molecule has 1 aliphatic rings. The first kappa shape index (κ1) is 8.23. The molecule has 1 aromatic rings. The predicted octanol–water partition coefficient (Wildman–Crippen LogP) is 1.71. The minimum absolute atomic E-state index is 0.536. The van der Waals surface area contributed by atoms with Crippen LogP contribution in [0.25, 0.3) is 0 Å². The van der Waals surface area contributed by atoms with E-state index in [1.807, 2.05) is 18.2 Å². The molecule has 0 amide bonds. The van der Waals surface area contributed by atoms with Crippen molar-refractivity contribution >= 4 is 11.4 Å². The van der Waals surface area contributed by atoms with Gasteiger partial charge in [-0.1, -0.05) is 6.92 Å². The number of hydrogen-bond donors (Lipinski definition) is 2. The van der Waals surface area contributed by atoms with Gasteiger partial charge in [-0.3, -0.25) is 0 Å². The van der Waals surface area contributed by atoms with Crippen LogP contribution in [0.5, 0.6) is 5.75 Å². The zero-order valence-corrected chi connectivity index (χ0v) is 7.71. The Morgan fingerprint density at radius 1 is 1.54 bits per heavy atom. The Morgan fingerprint density at radius 2 is 2.38 bits per heavy atom. The molecule has 0 aliphatic carbocycles. The fourth-order valence-corrected chi connectivity index (χ4v) is 1.39. The predicted molar refractivity (Wildman–Crippen MR) is 54.0 cm³/mol. The van der Waals surface area contributed by atoms with Gasteiger partial charge in [0.15, 0.2) is 0 Å². The molecule has 0 radical (unpaired) electrons. The number of hydrogen-bond acceptors (Lipinski definition) is 3. The molecule has 0 saturated carbocycles. The summed E-state index contributed by atoms with van der Waals surface area (Å²) in [5.41, 5.74) is 7.44. The average molecular weight is 178 g/mol. The van der Waals surface area contributed by atoms with E-state index in [-0.39, 0.29) is 0 Å². The Balaban J connectivity index is 2.30. The lowest BCUT2D eigenvalue weighted by molar-refractivity contribution is 0.275. The van der Waals surface area contributed by atoms with Crippen molar-refractivity contribution < 1.29 is 4.74 Å². The maximum atomic E-state index is 5.67. The Kier molecular flexibility index (Phi) is 2.00. The standard InChI is InChI=1S/C10H14N2O/c1-7-5-12-9-4-8(11)2-3-10(9)13-6-7/h2-4,7,12H,5-6,11H2,1H3. The molecule has 1 heterocycles. The van der Waals surface area contributed by atoms with Gasteiger partial charge in [0.05, 0.1) is 12.3 Å². The second kappa shape index (κ2) is 3.17. The van der Waals surface area contributed by atoms with Gasteiger partial charge in [0, 0.05) is 18.2 Å². The summed E-state index contributed by atoms with van der Waals surface area (Å²) >= 11 is 0. The van der Waals surface area contributed by atoms with Crippen molar-refractivity contribution in [3.05, 3.63) is 18.2 Å². The lowest BCUT2D eigenvalue weighted by Gasteiger charge is -2.07. The quantitative estimate of drug-likeness (QED) is 0.594. The summed E-state index contributed by atoms with van der Waals surface area (Å²) in [5, 5.41) is 3.31. The van der Waals surface area contributed by atoms with Gasteiger partial charge in [-0.2, -0.15) is 0 Å². The highest BCUT2D eigenvalue weighted by Gasteiger charge is 2.12. The van der Waals surface area contributed by atoms with Gasteiger partial charge in [0.25, 0.3) is 0 Å². The Labute approximate surface area is 77.9 Å². The first-order chi connectivity index (χ1) is 6.25. The number of anilines is 2. The molecule has 2 rings (SSSR count). The molecular weight excluding hydrogens is 164 g/mol. The van der Waals surface area contributed by atoms with E-state index in [2.05, 4.69) is 12.2 Å². The normalized spacial score (nSPS) is 20.8. The van der Waals surface area contributed by atoms with Crippen LogP contribution >= 0.6 is 0 Å². The van der Waals surface area contributed by atoms with E-state index in [0.717, 1.165) is 30.3 Å². The zero-order chi connectivity index (χ0) is 9.26. The van der Waals surface area contributed by atoms with Crippen molar-refractivity contribution in [3.63, 3.8) is 0 Å². The summed E-state index contributed by atoms with van der Waals surface area (Å²) in [6, 6.07) is 5.68. The number of fused-ring (bicyclic) bond motifs is 1. The van der Waals surface area contributed by atoms with Gasteiger partial charge < -0.3 is 15.8 Å². The first-order valence-electron chi connectivity index (χ1n) is 4.52. The number of rotatable bonds is 0. The van der Waals surface area contributed by atoms with Gasteiger partial charge in [0.2, 0.25) is 0 Å². The van der Waals surface area contributed by atoms with E-state index in [9.17, 15) is 0 Å². The van der Waals surface area contributed by atoms with Crippen LogP contribution in [0, 0.1) is 5.92 Å². The van der Waals surface area contributed by atoms with E-state index in [1.165, 1.54) is 0 Å². The van der Waals surface area contributed by atoms with Crippen LogP contribution in [0.1, 0.15) is 6.92 Å². The minimum Gasteiger partial charge on any atom is -0.491 e. The third-order valence-corrected chi connectivity index (χ3v) is 2.17. The second-order valence-corrected chi connectivity index (χ2v) is 3.55. The van der Waals surface area contributed by atoms with E-state index in [1.54, 1.807) is 0 Å². The third-order valence-electron chi connectivity index (χ3n) is 2.17. The smallest absolute Gasteiger partial charge is 0.142 e. The Hall–Kier alpha value is -1.38. The van der Waals surface area contributed by atoms with Crippen molar-refractivity contribution in [1.82, 2.24) is 0 Å². The summed E-state index contributed by atoms with van der Waals surface area (Å²) in [7, 11) is 0. The monoisotopic (exact) mass is 178 g/mol. The van der Waals surface area contributed by atoms with E-state index in [4.69, 9.17) is 10.5 Å². The molecule has 1 unspecified atom stereocenters. The summed E-state index contributed by atoms with van der Waals surface area (Å²) in [6.45, 7) is 3.86. The van der Waals surface area contributed by atoms with Crippen molar-refractivity contribution in [2.24, 2.45) is 5.92 Å². The average Bonchev–Trinajstić information content (AvgIpc) is 2.29. The number of benzene rings is 1. The second-order valence-electron chi connectivity index (χ2n) is 3.55. The molecule has 0 spiro atoms. The van der Waals surface area contributed by atoms with Gasteiger partial charge in [-0.15, -0.1) is 0 Å². The highest BCUT2D eigenvalue weighted by molar-refractivity contribution is 5.63. The van der Waals surface area contributed by atoms with Crippen molar-refractivity contribution in [1.29, 1.82) is 0 Å². The molecule has 13 heavy (non-hydrogen) atoms. The lowest BCUT2D eigenvalue weighted by atomic mass is 10.2.